The zero-order valence-corrected chi connectivity index (χ0v) is 21.5. The van der Waals surface area contributed by atoms with Gasteiger partial charge >= 0.3 is 7.12 Å². The molecular formula is C26H41BN2O4. The Hall–Kier alpha value is -1.86. The van der Waals surface area contributed by atoms with E-state index in [9.17, 15) is 9.59 Å². The van der Waals surface area contributed by atoms with E-state index in [-0.39, 0.29) is 23.0 Å². The molecule has 0 saturated carbocycles. The second-order valence-corrected chi connectivity index (χ2v) is 10.00. The van der Waals surface area contributed by atoms with Crippen LogP contribution in [-0.2, 0) is 14.1 Å². The number of nitrogens with zero attached hydrogens (tertiary/aromatic N) is 2. The van der Waals surface area contributed by atoms with Gasteiger partial charge in [0.25, 0.3) is 5.91 Å². The molecule has 2 aliphatic rings. The van der Waals surface area contributed by atoms with Gasteiger partial charge in [0.2, 0.25) is 5.91 Å². The van der Waals surface area contributed by atoms with Gasteiger partial charge < -0.3 is 19.1 Å². The summed E-state index contributed by atoms with van der Waals surface area (Å²) < 4.78 is 13.2. The van der Waals surface area contributed by atoms with Crippen LogP contribution in [0.3, 0.4) is 0 Å². The quantitative estimate of drug-likeness (QED) is 0.558. The summed E-state index contributed by atoms with van der Waals surface area (Å²) in [6, 6.07) is 7.16. The van der Waals surface area contributed by atoms with Gasteiger partial charge in [-0.2, -0.15) is 0 Å². The number of likely N-dealkylation sites (N-methyl/N-ethyl adjacent to an activating group) is 1. The molecule has 0 aromatic heterocycles. The van der Waals surface area contributed by atoms with Crippen LogP contribution in [0.15, 0.2) is 24.3 Å². The predicted octanol–water partition coefficient (Wildman–Crippen LogP) is 3.88. The Morgan fingerprint density at radius 2 is 1.64 bits per heavy atom. The highest BCUT2D eigenvalue weighted by Crippen LogP contribution is 2.46. The maximum absolute atomic E-state index is 13.6. The Labute approximate surface area is 200 Å². The molecule has 6 nitrogen and oxygen atoms in total. The first-order valence-electron chi connectivity index (χ1n) is 12.7. The smallest absolute Gasteiger partial charge is 0.399 e. The number of rotatable bonds is 8. The van der Waals surface area contributed by atoms with Gasteiger partial charge in [-0.05, 0) is 55.6 Å². The van der Waals surface area contributed by atoms with Crippen molar-refractivity contribution in [2.75, 3.05) is 20.1 Å². The van der Waals surface area contributed by atoms with Gasteiger partial charge in [0.15, 0.2) is 0 Å². The second kappa shape index (κ2) is 10.2. The Balaban J connectivity index is 1.89. The van der Waals surface area contributed by atoms with E-state index >= 15 is 0 Å². The minimum absolute atomic E-state index is 0.0215. The Morgan fingerprint density at radius 1 is 1.06 bits per heavy atom. The summed E-state index contributed by atoms with van der Waals surface area (Å²) in [4.78, 5) is 29.9. The van der Waals surface area contributed by atoms with Crippen LogP contribution in [-0.4, -0.2) is 66.1 Å². The fourth-order valence-corrected chi connectivity index (χ4v) is 5.72. The number of carbonyl (C=O) groups is 2. The average Bonchev–Trinajstić information content (AvgIpc) is 3.17. The Bertz CT molecular complexity index is 830. The van der Waals surface area contributed by atoms with Crippen LogP contribution in [0.5, 0.6) is 0 Å². The zero-order valence-electron chi connectivity index (χ0n) is 21.5. The fourth-order valence-electron chi connectivity index (χ4n) is 5.72. The molecule has 2 fully saturated rings. The maximum atomic E-state index is 13.6. The largest absolute Gasteiger partial charge is 0.494 e. The van der Waals surface area contributed by atoms with Crippen molar-refractivity contribution in [2.45, 2.75) is 90.9 Å². The van der Waals surface area contributed by atoms with Crippen molar-refractivity contribution in [1.29, 1.82) is 0 Å². The van der Waals surface area contributed by atoms with Crippen LogP contribution < -0.4 is 5.46 Å². The molecule has 2 heterocycles. The first kappa shape index (κ1) is 25.8. The molecule has 0 N–H and O–H groups in total. The lowest BCUT2D eigenvalue weighted by Gasteiger charge is -2.42. The van der Waals surface area contributed by atoms with Gasteiger partial charge in [-0.3, -0.25) is 9.59 Å². The van der Waals surface area contributed by atoms with Gasteiger partial charge in [0, 0.05) is 25.7 Å². The standard InChI is InChI=1S/C26H41BN2O4/c1-8-25(9-2)26(10-3,11-4)33-27(32-25)21-14-12-13-20(18-21)23(30)29-16-15-28(7)24(31)22(29)17-19(5)6/h12-14,18-19,22H,8-11,15-17H2,1-7H3. The van der Waals surface area contributed by atoms with Crippen molar-refractivity contribution in [3.8, 4) is 0 Å². The molecule has 0 bridgehead atoms. The van der Waals surface area contributed by atoms with Crippen molar-refractivity contribution in [1.82, 2.24) is 9.80 Å². The summed E-state index contributed by atoms with van der Waals surface area (Å²) in [6.07, 6.45) is 4.16. The summed E-state index contributed by atoms with van der Waals surface area (Å²) in [6.45, 7) is 13.9. The van der Waals surface area contributed by atoms with Crippen molar-refractivity contribution >= 4 is 24.4 Å². The number of benzene rings is 1. The number of hydrogen-bond donors (Lipinski definition) is 0. The molecule has 182 valence electrons. The van der Waals surface area contributed by atoms with Crippen LogP contribution in [0.4, 0.5) is 0 Å². The van der Waals surface area contributed by atoms with Crippen LogP contribution in [0.2, 0.25) is 0 Å². The number of carbonyl (C=O) groups excluding carboxylic acids is 2. The second-order valence-electron chi connectivity index (χ2n) is 10.00. The molecule has 1 aromatic carbocycles. The Kier molecular flexibility index (Phi) is 7.95. The minimum atomic E-state index is -0.502. The van der Waals surface area contributed by atoms with Crippen LogP contribution in [0.25, 0.3) is 0 Å². The van der Waals surface area contributed by atoms with E-state index in [0.717, 1.165) is 31.1 Å². The normalized spacial score (nSPS) is 22.4. The molecule has 0 spiro atoms. The summed E-state index contributed by atoms with van der Waals surface area (Å²) in [7, 11) is 1.31. The van der Waals surface area contributed by atoms with Crippen LogP contribution >= 0.6 is 0 Å². The first-order chi connectivity index (χ1) is 15.7. The fraction of sp³-hybridized carbons (Fsp3) is 0.692. The van der Waals surface area contributed by atoms with E-state index < -0.39 is 13.2 Å². The van der Waals surface area contributed by atoms with E-state index in [0.29, 0.717) is 31.0 Å². The molecule has 1 unspecified atom stereocenters. The average molecular weight is 456 g/mol. The van der Waals surface area contributed by atoms with E-state index in [4.69, 9.17) is 9.31 Å². The summed E-state index contributed by atoms with van der Waals surface area (Å²) in [5, 5.41) is 0. The molecule has 33 heavy (non-hydrogen) atoms. The van der Waals surface area contributed by atoms with Crippen molar-refractivity contribution in [2.24, 2.45) is 5.92 Å². The lowest BCUT2D eigenvalue weighted by atomic mass is 9.75. The molecule has 0 radical (unpaired) electrons. The zero-order chi connectivity index (χ0) is 24.4. The SMILES string of the molecule is CCC1(CC)OB(c2cccc(C(=O)N3CCN(C)C(=O)C3CC(C)C)c2)OC1(CC)CC. The summed E-state index contributed by atoms with van der Waals surface area (Å²) in [5.74, 6) is 0.240. The van der Waals surface area contributed by atoms with Crippen molar-refractivity contribution < 1.29 is 18.9 Å². The first-order valence-corrected chi connectivity index (χ1v) is 12.7. The lowest BCUT2D eigenvalue weighted by Crippen LogP contribution is -2.58. The Morgan fingerprint density at radius 3 is 2.15 bits per heavy atom. The van der Waals surface area contributed by atoms with Crippen LogP contribution in [0.1, 0.15) is 84.0 Å². The monoisotopic (exact) mass is 456 g/mol. The number of piperazine rings is 1. The van der Waals surface area contributed by atoms with Gasteiger partial charge in [-0.1, -0.05) is 53.7 Å². The molecule has 2 amide bonds. The van der Waals surface area contributed by atoms with Gasteiger partial charge in [-0.15, -0.1) is 0 Å². The van der Waals surface area contributed by atoms with E-state index in [1.165, 1.54) is 0 Å². The van der Waals surface area contributed by atoms with Crippen LogP contribution in [0, 0.1) is 5.92 Å². The molecule has 3 rings (SSSR count). The molecule has 2 aliphatic heterocycles. The minimum Gasteiger partial charge on any atom is -0.399 e. The highest BCUT2D eigenvalue weighted by molar-refractivity contribution is 6.62. The molecule has 2 saturated heterocycles. The van der Waals surface area contributed by atoms with Crippen molar-refractivity contribution in [3.63, 3.8) is 0 Å². The third-order valence-corrected chi connectivity index (χ3v) is 7.86. The number of hydrogen-bond acceptors (Lipinski definition) is 4. The molecular weight excluding hydrogens is 415 g/mol. The molecule has 1 aromatic rings. The highest BCUT2D eigenvalue weighted by atomic mass is 16.7. The molecule has 1 atom stereocenters. The van der Waals surface area contributed by atoms with Gasteiger partial charge in [0.1, 0.15) is 6.04 Å². The summed E-state index contributed by atoms with van der Waals surface area (Å²) >= 11 is 0. The third-order valence-electron chi connectivity index (χ3n) is 7.86. The third kappa shape index (κ3) is 4.59. The number of amides is 2. The lowest BCUT2D eigenvalue weighted by molar-refractivity contribution is -0.139. The highest BCUT2D eigenvalue weighted by Gasteiger charge is 2.58. The van der Waals surface area contributed by atoms with Crippen molar-refractivity contribution in [3.05, 3.63) is 29.8 Å². The topological polar surface area (TPSA) is 59.1 Å². The van der Waals surface area contributed by atoms with E-state index in [1.54, 1.807) is 9.80 Å². The maximum Gasteiger partial charge on any atom is 0.494 e. The van der Waals surface area contributed by atoms with Gasteiger partial charge in [0.05, 0.1) is 11.2 Å². The van der Waals surface area contributed by atoms with E-state index in [1.807, 2.05) is 31.3 Å². The summed E-state index contributed by atoms with van der Waals surface area (Å²) in [5.41, 5.74) is 0.757. The van der Waals surface area contributed by atoms with E-state index in [2.05, 4.69) is 41.5 Å². The predicted molar refractivity (Wildman–Crippen MR) is 133 cm³/mol. The molecule has 7 heteroatoms. The molecule has 0 aliphatic carbocycles. The van der Waals surface area contributed by atoms with Gasteiger partial charge in [-0.25, -0.2) is 0 Å².